The lowest BCUT2D eigenvalue weighted by Crippen LogP contribution is -1.82. The third kappa shape index (κ3) is 2.10. The quantitative estimate of drug-likeness (QED) is 0.807. The molecule has 2 heteroatoms. The molecule has 0 radical (unpaired) electrons. The van der Waals surface area contributed by atoms with Crippen LogP contribution in [0.15, 0.2) is 48.5 Å². The fourth-order valence-electron chi connectivity index (χ4n) is 1.47. The topological polar surface area (TPSA) is 29.5 Å². The van der Waals surface area contributed by atoms with Crippen molar-refractivity contribution in [2.24, 2.45) is 0 Å². The van der Waals surface area contributed by atoms with Crippen molar-refractivity contribution in [2.75, 3.05) is 7.11 Å². The van der Waals surface area contributed by atoms with E-state index in [2.05, 4.69) is 0 Å². The molecule has 15 heavy (non-hydrogen) atoms. The summed E-state index contributed by atoms with van der Waals surface area (Å²) < 4.78 is 5.08. The summed E-state index contributed by atoms with van der Waals surface area (Å²) in [4.78, 5) is 0. The van der Waals surface area contributed by atoms with E-state index in [0.717, 1.165) is 16.9 Å². The molecule has 1 N–H and O–H groups in total. The highest BCUT2D eigenvalue weighted by Crippen LogP contribution is 2.24. The van der Waals surface area contributed by atoms with Crippen LogP contribution in [0, 0.1) is 0 Å². The van der Waals surface area contributed by atoms with Crippen LogP contribution in [-0.4, -0.2) is 12.2 Å². The Hall–Kier alpha value is -1.96. The van der Waals surface area contributed by atoms with Crippen LogP contribution in [0.25, 0.3) is 11.1 Å². The molecule has 0 spiro atoms. The highest BCUT2D eigenvalue weighted by atomic mass is 16.5. The van der Waals surface area contributed by atoms with Crippen molar-refractivity contribution in [1.82, 2.24) is 0 Å². The molecule has 2 aromatic carbocycles. The monoisotopic (exact) mass is 200 g/mol. The SMILES string of the molecule is COc1ccc(-c2cccc(O)c2)cc1. The summed E-state index contributed by atoms with van der Waals surface area (Å²) in [5.41, 5.74) is 2.06. The zero-order valence-electron chi connectivity index (χ0n) is 8.47. The van der Waals surface area contributed by atoms with Crippen molar-refractivity contribution in [1.29, 1.82) is 0 Å². The van der Waals surface area contributed by atoms with E-state index in [1.54, 1.807) is 19.2 Å². The number of rotatable bonds is 2. The number of methoxy groups -OCH3 is 1. The van der Waals surface area contributed by atoms with Gasteiger partial charge in [0, 0.05) is 0 Å². The van der Waals surface area contributed by atoms with E-state index in [1.165, 1.54) is 0 Å². The minimum Gasteiger partial charge on any atom is -0.508 e. The van der Waals surface area contributed by atoms with E-state index in [4.69, 9.17) is 4.74 Å². The van der Waals surface area contributed by atoms with E-state index in [0.29, 0.717) is 0 Å². The highest BCUT2D eigenvalue weighted by Gasteiger charge is 1.98. The van der Waals surface area contributed by atoms with Crippen LogP contribution in [-0.2, 0) is 0 Å². The summed E-state index contributed by atoms with van der Waals surface area (Å²) in [6.07, 6.45) is 0. The average Bonchev–Trinajstić information content (AvgIpc) is 2.29. The Morgan fingerprint density at radius 2 is 1.67 bits per heavy atom. The van der Waals surface area contributed by atoms with Gasteiger partial charge in [-0.05, 0) is 35.4 Å². The molecular weight excluding hydrogens is 188 g/mol. The molecule has 0 saturated carbocycles. The third-order valence-corrected chi connectivity index (χ3v) is 2.27. The molecule has 0 fully saturated rings. The Morgan fingerprint density at radius 3 is 2.27 bits per heavy atom. The molecule has 0 aliphatic heterocycles. The first-order valence-electron chi connectivity index (χ1n) is 4.73. The molecule has 0 aliphatic rings. The minimum absolute atomic E-state index is 0.281. The summed E-state index contributed by atoms with van der Waals surface area (Å²) in [7, 11) is 1.64. The first-order chi connectivity index (χ1) is 7.29. The van der Waals surface area contributed by atoms with Gasteiger partial charge in [-0.25, -0.2) is 0 Å². The Bertz CT molecular complexity index is 446. The highest BCUT2D eigenvalue weighted by molar-refractivity contribution is 5.65. The van der Waals surface area contributed by atoms with Crippen LogP contribution in [0.2, 0.25) is 0 Å². The molecule has 0 atom stereocenters. The molecule has 0 saturated heterocycles. The summed E-state index contributed by atoms with van der Waals surface area (Å²) >= 11 is 0. The maximum Gasteiger partial charge on any atom is 0.118 e. The molecule has 2 rings (SSSR count). The van der Waals surface area contributed by atoms with Crippen LogP contribution >= 0.6 is 0 Å². The van der Waals surface area contributed by atoms with Crippen molar-refractivity contribution in [3.8, 4) is 22.6 Å². The largest absolute Gasteiger partial charge is 0.508 e. The fraction of sp³-hybridized carbons (Fsp3) is 0.0769. The number of benzene rings is 2. The van der Waals surface area contributed by atoms with Crippen molar-refractivity contribution in [3.63, 3.8) is 0 Å². The van der Waals surface area contributed by atoms with Gasteiger partial charge in [0.1, 0.15) is 11.5 Å². The first kappa shape index (κ1) is 9.59. The lowest BCUT2D eigenvalue weighted by molar-refractivity contribution is 0.415. The second-order valence-electron chi connectivity index (χ2n) is 3.28. The number of hydrogen-bond acceptors (Lipinski definition) is 2. The molecule has 76 valence electrons. The fourth-order valence-corrected chi connectivity index (χ4v) is 1.47. The maximum atomic E-state index is 9.35. The number of hydrogen-bond donors (Lipinski definition) is 1. The van der Waals surface area contributed by atoms with E-state index >= 15 is 0 Å². The predicted molar refractivity (Wildman–Crippen MR) is 60.1 cm³/mol. The van der Waals surface area contributed by atoms with E-state index < -0.39 is 0 Å². The molecule has 0 unspecified atom stereocenters. The van der Waals surface area contributed by atoms with Crippen molar-refractivity contribution >= 4 is 0 Å². The van der Waals surface area contributed by atoms with Gasteiger partial charge in [0.15, 0.2) is 0 Å². The Labute approximate surface area is 88.8 Å². The summed E-state index contributed by atoms with van der Waals surface area (Å²) in [6, 6.07) is 14.9. The molecule has 0 bridgehead atoms. The van der Waals surface area contributed by atoms with Gasteiger partial charge in [0.2, 0.25) is 0 Å². The van der Waals surface area contributed by atoms with Gasteiger partial charge >= 0.3 is 0 Å². The zero-order chi connectivity index (χ0) is 10.7. The van der Waals surface area contributed by atoms with Crippen LogP contribution in [0.3, 0.4) is 0 Å². The first-order valence-corrected chi connectivity index (χ1v) is 4.73. The summed E-state index contributed by atoms with van der Waals surface area (Å²) in [5, 5.41) is 9.35. The van der Waals surface area contributed by atoms with Crippen LogP contribution < -0.4 is 4.74 Å². The second kappa shape index (κ2) is 4.05. The van der Waals surface area contributed by atoms with E-state index in [9.17, 15) is 5.11 Å². The minimum atomic E-state index is 0.281. The van der Waals surface area contributed by atoms with Gasteiger partial charge in [-0.15, -0.1) is 0 Å². The normalized spacial score (nSPS) is 9.93. The maximum absolute atomic E-state index is 9.35. The summed E-state index contributed by atoms with van der Waals surface area (Å²) in [6.45, 7) is 0. The molecule has 2 nitrogen and oxygen atoms in total. The van der Waals surface area contributed by atoms with Crippen LogP contribution in [0.1, 0.15) is 0 Å². The molecular formula is C13H12O2. The van der Waals surface area contributed by atoms with E-state index in [-0.39, 0.29) is 5.75 Å². The van der Waals surface area contributed by atoms with Gasteiger partial charge < -0.3 is 9.84 Å². The van der Waals surface area contributed by atoms with Crippen molar-refractivity contribution in [3.05, 3.63) is 48.5 Å². The predicted octanol–water partition coefficient (Wildman–Crippen LogP) is 3.07. The van der Waals surface area contributed by atoms with Crippen molar-refractivity contribution < 1.29 is 9.84 Å². The standard InChI is InChI=1S/C13H12O2/c1-15-13-7-5-10(6-8-13)11-3-2-4-12(14)9-11/h2-9,14H,1H3. The van der Waals surface area contributed by atoms with E-state index in [1.807, 2.05) is 36.4 Å². The Kier molecular flexibility index (Phi) is 2.59. The van der Waals surface area contributed by atoms with Gasteiger partial charge in [-0.2, -0.15) is 0 Å². The molecule has 2 aromatic rings. The number of ether oxygens (including phenoxy) is 1. The lowest BCUT2D eigenvalue weighted by Gasteiger charge is -2.03. The molecule has 0 aromatic heterocycles. The zero-order valence-corrected chi connectivity index (χ0v) is 8.47. The van der Waals surface area contributed by atoms with Crippen molar-refractivity contribution in [2.45, 2.75) is 0 Å². The van der Waals surface area contributed by atoms with Gasteiger partial charge in [0.25, 0.3) is 0 Å². The second-order valence-corrected chi connectivity index (χ2v) is 3.28. The van der Waals surface area contributed by atoms with Gasteiger partial charge in [-0.3, -0.25) is 0 Å². The van der Waals surface area contributed by atoms with Gasteiger partial charge in [-0.1, -0.05) is 24.3 Å². The smallest absolute Gasteiger partial charge is 0.118 e. The molecule has 0 aliphatic carbocycles. The lowest BCUT2D eigenvalue weighted by atomic mass is 10.1. The third-order valence-electron chi connectivity index (χ3n) is 2.27. The summed E-state index contributed by atoms with van der Waals surface area (Å²) in [5.74, 6) is 1.11. The Balaban J connectivity index is 2.37. The molecule has 0 amide bonds. The molecule has 0 heterocycles. The number of aromatic hydroxyl groups is 1. The van der Waals surface area contributed by atoms with Crippen LogP contribution in [0.5, 0.6) is 11.5 Å². The number of phenols is 1. The average molecular weight is 200 g/mol. The Morgan fingerprint density at radius 1 is 0.933 bits per heavy atom. The van der Waals surface area contributed by atoms with Gasteiger partial charge in [0.05, 0.1) is 7.11 Å². The number of phenolic OH excluding ortho intramolecular Hbond substituents is 1. The van der Waals surface area contributed by atoms with Crippen LogP contribution in [0.4, 0.5) is 0 Å².